The molecule has 0 fully saturated rings. The van der Waals surface area contributed by atoms with E-state index in [-0.39, 0.29) is 5.41 Å². The van der Waals surface area contributed by atoms with Gasteiger partial charge < -0.3 is 14.0 Å². The molecule has 2 rings (SSSR count). The number of rotatable bonds is 4. The lowest BCUT2D eigenvalue weighted by Gasteiger charge is -2.25. The summed E-state index contributed by atoms with van der Waals surface area (Å²) < 4.78 is 43.7. The van der Waals surface area contributed by atoms with Gasteiger partial charge in [-0.1, -0.05) is 12.1 Å². The van der Waals surface area contributed by atoms with Crippen molar-refractivity contribution in [3.63, 3.8) is 0 Å². The number of hydrogen-bond acceptors (Lipinski definition) is 5. The minimum atomic E-state index is -4.28. The summed E-state index contributed by atoms with van der Waals surface area (Å²) in [4.78, 5) is 0. The maximum Gasteiger partial charge on any atom is 0.209 e. The van der Waals surface area contributed by atoms with Crippen molar-refractivity contribution in [1.82, 2.24) is 0 Å². The fraction of sp³-hybridized carbons (Fsp3) is 0.538. The van der Waals surface area contributed by atoms with Gasteiger partial charge in [0.15, 0.2) is 0 Å². The smallest absolute Gasteiger partial charge is 0.209 e. The van der Waals surface area contributed by atoms with Gasteiger partial charge in [-0.3, -0.25) is 0 Å². The Morgan fingerprint density at radius 2 is 2.11 bits per heavy atom. The van der Waals surface area contributed by atoms with Crippen LogP contribution in [0.1, 0.15) is 31.9 Å². The van der Waals surface area contributed by atoms with Gasteiger partial charge in [0.05, 0.1) is 21.3 Å². The van der Waals surface area contributed by atoms with Crippen LogP contribution in [0.5, 0.6) is 5.75 Å². The van der Waals surface area contributed by atoms with Gasteiger partial charge >= 0.3 is 0 Å². The molecule has 5 nitrogen and oxygen atoms in total. The lowest BCUT2D eigenvalue weighted by atomic mass is 9.85. The molecule has 0 aromatic heterocycles. The molecule has 1 atom stereocenters. The Morgan fingerprint density at radius 3 is 2.68 bits per heavy atom. The summed E-state index contributed by atoms with van der Waals surface area (Å²) in [6.45, 7) is 6.35. The highest BCUT2D eigenvalue weighted by atomic mass is 32.2. The first kappa shape index (κ1) is 14.3. The quantitative estimate of drug-likeness (QED) is 0.788. The molecule has 1 aliphatic heterocycles. The highest BCUT2D eigenvalue weighted by Gasteiger charge is 2.42. The second-order valence-corrected chi connectivity index (χ2v) is 6.56. The fourth-order valence-corrected chi connectivity index (χ4v) is 2.85. The number of ether oxygens (including phenoxy) is 2. The van der Waals surface area contributed by atoms with Crippen LogP contribution in [0.15, 0.2) is 18.2 Å². The zero-order valence-electron chi connectivity index (χ0n) is 11.2. The van der Waals surface area contributed by atoms with Crippen molar-refractivity contribution in [2.24, 2.45) is 0 Å². The number of fused-ring (bicyclic) bond motifs is 1. The zero-order chi connectivity index (χ0) is 14.3. The van der Waals surface area contributed by atoms with E-state index in [2.05, 4.69) is 0 Å². The van der Waals surface area contributed by atoms with Crippen LogP contribution in [0.25, 0.3) is 0 Å². The van der Waals surface area contributed by atoms with E-state index in [0.717, 1.165) is 5.56 Å². The maximum atomic E-state index is 10.8. The van der Waals surface area contributed by atoms with Gasteiger partial charge in [-0.15, -0.1) is 0 Å². The third kappa shape index (κ3) is 2.91. The molecule has 6 heteroatoms. The first-order valence-corrected chi connectivity index (χ1v) is 7.67. The van der Waals surface area contributed by atoms with Crippen molar-refractivity contribution in [2.75, 3.05) is 6.61 Å². The molecule has 1 heterocycles. The van der Waals surface area contributed by atoms with Crippen LogP contribution in [0, 0.1) is 0 Å². The summed E-state index contributed by atoms with van der Waals surface area (Å²) in [5.41, 5.74) is 0.961. The van der Waals surface area contributed by atoms with Crippen molar-refractivity contribution < 1.29 is 22.4 Å². The van der Waals surface area contributed by atoms with Crippen LogP contribution in [0.2, 0.25) is 0 Å². The molecule has 0 bridgehead atoms. The highest BCUT2D eigenvalue weighted by Crippen LogP contribution is 2.43. The van der Waals surface area contributed by atoms with Crippen molar-refractivity contribution in [3.05, 3.63) is 29.3 Å². The minimum absolute atomic E-state index is 0.381. The molecule has 0 radical (unpaired) electrons. The molecule has 0 spiro atoms. The van der Waals surface area contributed by atoms with Crippen LogP contribution >= 0.6 is 0 Å². The molecular formula is C13H17O5S-. The Morgan fingerprint density at radius 1 is 1.42 bits per heavy atom. The molecule has 1 aliphatic rings. The Balaban J connectivity index is 2.35. The van der Waals surface area contributed by atoms with Gasteiger partial charge in [-0.25, -0.2) is 8.42 Å². The van der Waals surface area contributed by atoms with Gasteiger partial charge in [0.2, 0.25) is 6.29 Å². The monoisotopic (exact) mass is 285 g/mol. The lowest BCUT2D eigenvalue weighted by molar-refractivity contribution is -0.0981. The van der Waals surface area contributed by atoms with E-state index in [0.29, 0.717) is 17.9 Å². The van der Waals surface area contributed by atoms with Crippen molar-refractivity contribution in [2.45, 2.75) is 38.2 Å². The van der Waals surface area contributed by atoms with Crippen LogP contribution in [-0.2, 0) is 26.0 Å². The molecule has 0 N–H and O–H groups in total. The van der Waals surface area contributed by atoms with E-state index in [1.807, 2.05) is 20.8 Å². The minimum Gasteiger partial charge on any atom is -0.748 e. The number of benzene rings is 1. The van der Waals surface area contributed by atoms with Gasteiger partial charge in [0, 0.05) is 12.2 Å². The van der Waals surface area contributed by atoms with E-state index in [1.165, 1.54) is 0 Å². The predicted octanol–water partition coefficient (Wildman–Crippen LogP) is 1.76. The van der Waals surface area contributed by atoms with E-state index >= 15 is 0 Å². The van der Waals surface area contributed by atoms with Crippen LogP contribution in [0.4, 0.5) is 0 Å². The maximum absolute atomic E-state index is 10.8. The van der Waals surface area contributed by atoms with E-state index < -0.39 is 22.2 Å². The lowest BCUT2D eigenvalue weighted by Crippen LogP contribution is -2.34. The Kier molecular flexibility index (Phi) is 3.59. The molecule has 0 saturated carbocycles. The van der Waals surface area contributed by atoms with Gasteiger partial charge in [0.1, 0.15) is 5.75 Å². The Bertz CT molecular complexity index is 577. The van der Waals surface area contributed by atoms with Crippen molar-refractivity contribution >= 4 is 10.1 Å². The third-order valence-corrected chi connectivity index (χ3v) is 3.91. The average Bonchev–Trinajstić information content (AvgIpc) is 2.50. The molecule has 0 amide bonds. The first-order valence-electron chi connectivity index (χ1n) is 6.09. The second kappa shape index (κ2) is 4.77. The molecule has 1 unspecified atom stereocenters. The van der Waals surface area contributed by atoms with E-state index in [9.17, 15) is 13.0 Å². The summed E-state index contributed by atoms with van der Waals surface area (Å²) in [6.07, 6.45) is -0.397. The second-order valence-electron chi connectivity index (χ2n) is 5.16. The molecule has 19 heavy (non-hydrogen) atoms. The molecule has 106 valence electrons. The predicted molar refractivity (Wildman–Crippen MR) is 68.9 cm³/mol. The third-order valence-electron chi connectivity index (χ3n) is 3.22. The average molecular weight is 285 g/mol. The zero-order valence-corrected chi connectivity index (χ0v) is 12.0. The first-order chi connectivity index (χ1) is 8.74. The summed E-state index contributed by atoms with van der Waals surface area (Å²) in [5, 5.41) is 0. The van der Waals surface area contributed by atoms with Crippen LogP contribution in [0.3, 0.4) is 0 Å². The van der Waals surface area contributed by atoms with Gasteiger partial charge in [-0.05, 0) is 32.4 Å². The molecule has 1 aromatic rings. The van der Waals surface area contributed by atoms with E-state index in [4.69, 9.17) is 9.47 Å². The molecule has 0 saturated heterocycles. The van der Waals surface area contributed by atoms with Gasteiger partial charge in [-0.2, -0.15) is 0 Å². The van der Waals surface area contributed by atoms with Crippen LogP contribution in [-0.4, -0.2) is 25.9 Å². The van der Waals surface area contributed by atoms with E-state index in [1.54, 1.807) is 18.2 Å². The standard InChI is InChI=1S/C13H18O5S/c1-4-17-12-13(2,3)10-7-9(8-19(14,15)16)5-6-11(10)18-12/h5-7,12H,4,8H2,1-3H3,(H,14,15,16)/p-1. The fourth-order valence-electron chi connectivity index (χ4n) is 2.26. The summed E-state index contributed by atoms with van der Waals surface area (Å²) in [6, 6.07) is 5.00. The Hall–Kier alpha value is -1.11. The van der Waals surface area contributed by atoms with Gasteiger partial charge in [0.25, 0.3) is 0 Å². The van der Waals surface area contributed by atoms with Crippen LogP contribution < -0.4 is 4.74 Å². The highest BCUT2D eigenvalue weighted by molar-refractivity contribution is 7.84. The topological polar surface area (TPSA) is 75.7 Å². The Labute approximate surface area is 113 Å². The van der Waals surface area contributed by atoms with Crippen molar-refractivity contribution in [1.29, 1.82) is 0 Å². The molecule has 1 aromatic carbocycles. The normalized spacial score (nSPS) is 20.9. The largest absolute Gasteiger partial charge is 0.748 e. The summed E-state index contributed by atoms with van der Waals surface area (Å²) in [7, 11) is -4.28. The summed E-state index contributed by atoms with van der Waals surface area (Å²) >= 11 is 0. The number of hydrogen-bond donors (Lipinski definition) is 0. The van der Waals surface area contributed by atoms with Crippen molar-refractivity contribution in [3.8, 4) is 5.75 Å². The summed E-state index contributed by atoms with van der Waals surface area (Å²) in [5.74, 6) is 0.172. The SMILES string of the molecule is CCOC1Oc2ccc(CS(=O)(=O)[O-])cc2C1(C)C. The molecule has 0 aliphatic carbocycles. The molecular weight excluding hydrogens is 268 g/mol.